The Kier molecular flexibility index (Phi) is 5.50. The molecule has 1 amide bonds. The number of rotatable bonds is 6. The summed E-state index contributed by atoms with van der Waals surface area (Å²) in [4.78, 5) is 19.4. The molecule has 3 aromatic rings. The van der Waals surface area contributed by atoms with E-state index in [4.69, 9.17) is 16.3 Å². The van der Waals surface area contributed by atoms with Crippen molar-refractivity contribution in [1.29, 1.82) is 0 Å². The predicted molar refractivity (Wildman–Crippen MR) is 92.5 cm³/mol. The molecule has 0 saturated carbocycles. The van der Waals surface area contributed by atoms with Crippen LogP contribution in [0.1, 0.15) is 5.82 Å². The highest BCUT2D eigenvalue weighted by Gasteiger charge is 2.37. The van der Waals surface area contributed by atoms with Crippen LogP contribution in [0.3, 0.4) is 0 Å². The zero-order chi connectivity index (χ0) is 19.4. The lowest BCUT2D eigenvalue weighted by Crippen LogP contribution is -2.32. The first-order valence-corrected chi connectivity index (χ1v) is 8.26. The second-order valence-corrected chi connectivity index (χ2v) is 5.96. The summed E-state index contributed by atoms with van der Waals surface area (Å²) >= 11 is 5.75. The van der Waals surface area contributed by atoms with Gasteiger partial charge >= 0.3 is 6.18 Å². The van der Waals surface area contributed by atoms with Crippen molar-refractivity contribution in [3.05, 3.63) is 53.4 Å². The van der Waals surface area contributed by atoms with E-state index in [1.54, 1.807) is 24.3 Å². The first-order chi connectivity index (χ1) is 12.8. The average molecular weight is 399 g/mol. The highest BCUT2D eigenvalue weighted by molar-refractivity contribution is 6.30. The number of hydrogen-bond donors (Lipinski definition) is 1. The van der Waals surface area contributed by atoms with Gasteiger partial charge in [0.05, 0.1) is 0 Å². The molecule has 3 rings (SSSR count). The van der Waals surface area contributed by atoms with Crippen molar-refractivity contribution in [2.45, 2.75) is 12.7 Å². The number of pyridine rings is 1. The van der Waals surface area contributed by atoms with E-state index in [1.807, 2.05) is 0 Å². The van der Waals surface area contributed by atoms with E-state index in [9.17, 15) is 18.0 Å². The molecule has 0 atom stereocenters. The molecule has 0 aliphatic rings. The van der Waals surface area contributed by atoms with E-state index in [-0.39, 0.29) is 30.9 Å². The Balaban J connectivity index is 1.60. The van der Waals surface area contributed by atoms with Gasteiger partial charge in [-0.25, -0.2) is 9.97 Å². The third-order valence-corrected chi connectivity index (χ3v) is 3.85. The number of aromatic nitrogens is 3. The van der Waals surface area contributed by atoms with E-state index >= 15 is 0 Å². The Hall–Kier alpha value is -2.81. The van der Waals surface area contributed by atoms with Gasteiger partial charge in [-0.2, -0.15) is 13.2 Å². The highest BCUT2D eigenvalue weighted by atomic mass is 35.5. The standard InChI is InChI=1S/C17H14ClF3N4O2/c18-11-3-5-12(6-4-11)27-10-14(26)22-8-9-25-15-13(2-1-7-23-15)24-16(25)17(19,20)21/h1-7H,8-10H2,(H,22,26). The van der Waals surface area contributed by atoms with Gasteiger partial charge in [-0.1, -0.05) is 11.6 Å². The molecule has 142 valence electrons. The van der Waals surface area contributed by atoms with Crippen molar-refractivity contribution >= 4 is 28.7 Å². The van der Waals surface area contributed by atoms with Crippen LogP contribution in [0, 0.1) is 0 Å². The zero-order valence-corrected chi connectivity index (χ0v) is 14.6. The topological polar surface area (TPSA) is 69.0 Å². The Labute approximate surface area is 156 Å². The van der Waals surface area contributed by atoms with Gasteiger partial charge in [0.25, 0.3) is 5.91 Å². The van der Waals surface area contributed by atoms with Crippen molar-refractivity contribution in [3.63, 3.8) is 0 Å². The summed E-state index contributed by atoms with van der Waals surface area (Å²) in [5.74, 6) is -1.06. The molecule has 10 heteroatoms. The van der Waals surface area contributed by atoms with Crippen molar-refractivity contribution in [1.82, 2.24) is 19.9 Å². The van der Waals surface area contributed by atoms with Gasteiger partial charge in [-0.15, -0.1) is 0 Å². The van der Waals surface area contributed by atoms with Gasteiger partial charge in [0.15, 0.2) is 12.3 Å². The number of carbonyl (C=O) groups is 1. The summed E-state index contributed by atoms with van der Waals surface area (Å²) in [6.45, 7) is -0.431. The molecule has 1 N–H and O–H groups in total. The monoisotopic (exact) mass is 398 g/mol. The number of carbonyl (C=O) groups excluding carboxylic acids is 1. The highest BCUT2D eigenvalue weighted by Crippen LogP contribution is 2.30. The van der Waals surface area contributed by atoms with Crippen LogP contribution >= 0.6 is 11.6 Å². The molecule has 1 aromatic carbocycles. The minimum Gasteiger partial charge on any atom is -0.484 e. The molecule has 27 heavy (non-hydrogen) atoms. The molecule has 0 fully saturated rings. The zero-order valence-electron chi connectivity index (χ0n) is 13.8. The Morgan fingerprint density at radius 2 is 1.96 bits per heavy atom. The number of imidazole rings is 1. The summed E-state index contributed by atoms with van der Waals surface area (Å²) in [6, 6.07) is 9.40. The molecule has 0 radical (unpaired) electrons. The second-order valence-electron chi connectivity index (χ2n) is 5.52. The van der Waals surface area contributed by atoms with Crippen LogP contribution in [0.4, 0.5) is 13.2 Å². The van der Waals surface area contributed by atoms with E-state index < -0.39 is 17.9 Å². The number of alkyl halides is 3. The largest absolute Gasteiger partial charge is 0.484 e. The Morgan fingerprint density at radius 3 is 2.67 bits per heavy atom. The van der Waals surface area contributed by atoms with Gasteiger partial charge in [0.2, 0.25) is 5.82 Å². The minimum atomic E-state index is -4.62. The summed E-state index contributed by atoms with van der Waals surface area (Å²) in [5, 5.41) is 3.05. The predicted octanol–water partition coefficient (Wildman–Crippen LogP) is 3.30. The lowest BCUT2D eigenvalue weighted by atomic mass is 10.3. The third kappa shape index (κ3) is 4.68. The van der Waals surface area contributed by atoms with Crippen LogP contribution in [-0.4, -0.2) is 33.6 Å². The number of halogens is 4. The second kappa shape index (κ2) is 7.83. The van der Waals surface area contributed by atoms with E-state index in [1.165, 1.54) is 18.3 Å². The van der Waals surface area contributed by atoms with Gasteiger partial charge < -0.3 is 14.6 Å². The van der Waals surface area contributed by atoms with Crippen LogP contribution in [0.5, 0.6) is 5.75 Å². The van der Waals surface area contributed by atoms with Crippen molar-refractivity contribution in [2.24, 2.45) is 0 Å². The molecule has 2 aromatic heterocycles. The number of ether oxygens (including phenoxy) is 1. The van der Waals surface area contributed by atoms with Gasteiger partial charge in [0.1, 0.15) is 11.3 Å². The molecule has 2 heterocycles. The molecule has 6 nitrogen and oxygen atoms in total. The van der Waals surface area contributed by atoms with Crippen molar-refractivity contribution in [2.75, 3.05) is 13.2 Å². The quantitative estimate of drug-likeness (QED) is 0.691. The molecule has 0 saturated heterocycles. The summed E-state index contributed by atoms with van der Waals surface area (Å²) < 4.78 is 45.8. The van der Waals surface area contributed by atoms with Gasteiger partial charge in [0, 0.05) is 24.3 Å². The number of nitrogens with one attached hydrogen (secondary N) is 1. The summed E-state index contributed by atoms with van der Waals surface area (Å²) in [5.41, 5.74) is 0.249. The molecular weight excluding hydrogens is 385 g/mol. The first kappa shape index (κ1) is 19.0. The average Bonchev–Trinajstić information content (AvgIpc) is 3.01. The van der Waals surface area contributed by atoms with Crippen molar-refractivity contribution < 1.29 is 22.7 Å². The van der Waals surface area contributed by atoms with Crippen molar-refractivity contribution in [3.8, 4) is 5.75 Å². The maximum absolute atomic E-state index is 13.2. The SMILES string of the molecule is O=C(COc1ccc(Cl)cc1)NCCn1c(C(F)(F)F)nc2cccnc21. The first-order valence-electron chi connectivity index (χ1n) is 7.88. The van der Waals surface area contributed by atoms with Crippen LogP contribution in [0.2, 0.25) is 5.02 Å². The van der Waals surface area contributed by atoms with Crippen LogP contribution < -0.4 is 10.1 Å². The smallest absolute Gasteiger partial charge is 0.449 e. The van der Waals surface area contributed by atoms with Crippen LogP contribution in [0.25, 0.3) is 11.2 Å². The number of fused-ring (bicyclic) bond motifs is 1. The number of hydrogen-bond acceptors (Lipinski definition) is 4. The summed E-state index contributed by atoms with van der Waals surface area (Å²) in [7, 11) is 0. The fraction of sp³-hybridized carbons (Fsp3) is 0.235. The van der Waals surface area contributed by atoms with E-state index in [2.05, 4.69) is 15.3 Å². The normalized spacial score (nSPS) is 11.6. The summed E-state index contributed by atoms with van der Waals surface area (Å²) in [6.07, 6.45) is -3.23. The van der Waals surface area contributed by atoms with Crippen LogP contribution in [-0.2, 0) is 17.5 Å². The Bertz CT molecular complexity index is 941. The lowest BCUT2D eigenvalue weighted by molar-refractivity contribution is -0.146. The molecule has 0 unspecified atom stereocenters. The van der Waals surface area contributed by atoms with Crippen LogP contribution in [0.15, 0.2) is 42.6 Å². The maximum Gasteiger partial charge on any atom is 0.449 e. The molecular formula is C17H14ClF3N4O2. The van der Waals surface area contributed by atoms with E-state index in [0.29, 0.717) is 10.8 Å². The molecule has 0 aliphatic heterocycles. The molecule has 0 aliphatic carbocycles. The number of nitrogens with zero attached hydrogens (tertiary/aromatic N) is 3. The third-order valence-electron chi connectivity index (χ3n) is 3.60. The van der Waals surface area contributed by atoms with E-state index in [0.717, 1.165) is 4.57 Å². The van der Waals surface area contributed by atoms with Gasteiger partial charge in [-0.3, -0.25) is 4.79 Å². The number of benzene rings is 1. The molecule has 0 bridgehead atoms. The fourth-order valence-electron chi connectivity index (χ4n) is 2.42. The number of amides is 1. The minimum absolute atomic E-state index is 0.0338. The molecule has 0 spiro atoms. The Morgan fingerprint density at radius 1 is 1.22 bits per heavy atom. The fourth-order valence-corrected chi connectivity index (χ4v) is 2.55. The lowest BCUT2D eigenvalue weighted by Gasteiger charge is -2.12. The maximum atomic E-state index is 13.2. The van der Waals surface area contributed by atoms with Gasteiger partial charge in [-0.05, 0) is 36.4 Å².